The van der Waals surface area contributed by atoms with Crippen molar-refractivity contribution in [3.63, 3.8) is 0 Å². The first kappa shape index (κ1) is 9.03. The van der Waals surface area contributed by atoms with Crippen molar-refractivity contribution in [1.29, 1.82) is 0 Å². The van der Waals surface area contributed by atoms with Crippen LogP contribution in [0.2, 0.25) is 0 Å². The molecule has 3 aliphatic rings. The van der Waals surface area contributed by atoms with Gasteiger partial charge in [0.25, 0.3) is 0 Å². The second-order valence-electron chi connectivity index (χ2n) is 4.16. The summed E-state index contributed by atoms with van der Waals surface area (Å²) in [6, 6.07) is 0. The smallest absolute Gasteiger partial charge is 0.351 e. The Morgan fingerprint density at radius 3 is 2.67 bits per heavy atom. The highest BCUT2D eigenvalue weighted by atomic mass is 16.8. The Kier molecular flexibility index (Phi) is 1.74. The normalized spacial score (nSPS) is 32.8. The van der Waals surface area contributed by atoms with Crippen LogP contribution >= 0.6 is 0 Å². The van der Waals surface area contributed by atoms with Gasteiger partial charge in [-0.25, -0.2) is 4.79 Å². The van der Waals surface area contributed by atoms with Gasteiger partial charge in [-0.15, -0.1) is 0 Å². The molecule has 82 valence electrons. The van der Waals surface area contributed by atoms with Crippen molar-refractivity contribution in [3.05, 3.63) is 11.7 Å². The van der Waals surface area contributed by atoms with Crippen molar-refractivity contribution in [3.8, 4) is 0 Å². The lowest BCUT2D eigenvalue weighted by Gasteiger charge is -2.31. The predicted octanol–water partition coefficient (Wildman–Crippen LogP) is 1.35. The largest absolute Gasteiger partial charge is 0.478 e. The third-order valence-corrected chi connectivity index (χ3v) is 3.10. The Morgan fingerprint density at radius 2 is 2.00 bits per heavy atom. The van der Waals surface area contributed by atoms with E-state index < -0.39 is 23.8 Å². The molecule has 5 nitrogen and oxygen atoms in total. The molecule has 1 unspecified atom stereocenters. The number of hydrogen-bond acceptors (Lipinski definition) is 5. The van der Waals surface area contributed by atoms with Crippen molar-refractivity contribution in [1.82, 2.24) is 0 Å². The van der Waals surface area contributed by atoms with Crippen molar-refractivity contribution < 1.29 is 24.1 Å². The van der Waals surface area contributed by atoms with Gasteiger partial charge < -0.3 is 19.3 Å². The van der Waals surface area contributed by atoms with E-state index >= 15 is 0 Å². The molecule has 2 fully saturated rings. The number of rotatable bonds is 0. The lowest BCUT2D eigenvalue weighted by molar-refractivity contribution is -0.197. The molecule has 1 spiro atoms. The molecule has 2 aliphatic heterocycles. The van der Waals surface area contributed by atoms with Crippen LogP contribution in [0.3, 0.4) is 0 Å². The topological polar surface area (TPSA) is 65.0 Å². The fourth-order valence-electron chi connectivity index (χ4n) is 2.37. The standard InChI is InChI=1S/C10H12O5/c11-8-6-7(9(12)13-8)15-10(14-6)4-2-1-3-5-10/h6,12H,1-5H2. The van der Waals surface area contributed by atoms with Gasteiger partial charge in [0, 0.05) is 12.8 Å². The maximum atomic E-state index is 11.3. The second kappa shape index (κ2) is 2.88. The molecular weight excluding hydrogens is 200 g/mol. The van der Waals surface area contributed by atoms with Gasteiger partial charge in [-0.2, -0.15) is 0 Å². The maximum absolute atomic E-state index is 11.3. The third-order valence-electron chi connectivity index (χ3n) is 3.10. The third kappa shape index (κ3) is 1.23. The van der Waals surface area contributed by atoms with E-state index in [1.807, 2.05) is 0 Å². The highest BCUT2D eigenvalue weighted by molar-refractivity contribution is 5.82. The van der Waals surface area contributed by atoms with Gasteiger partial charge in [0.05, 0.1) is 0 Å². The predicted molar refractivity (Wildman–Crippen MR) is 47.5 cm³/mol. The van der Waals surface area contributed by atoms with E-state index in [0.29, 0.717) is 0 Å². The minimum atomic E-state index is -0.844. The Morgan fingerprint density at radius 1 is 1.27 bits per heavy atom. The molecule has 0 aromatic rings. The Labute approximate surface area is 86.6 Å². The van der Waals surface area contributed by atoms with E-state index in [9.17, 15) is 9.90 Å². The summed E-state index contributed by atoms with van der Waals surface area (Å²) in [6.07, 6.45) is 3.91. The Hall–Kier alpha value is -1.23. The molecule has 0 bridgehead atoms. The van der Waals surface area contributed by atoms with Crippen molar-refractivity contribution in [2.24, 2.45) is 0 Å². The number of carbonyl (C=O) groups excluding carboxylic acids is 1. The SMILES string of the molecule is O=C1OC(O)=C2OC3(CCCCC3)OC12. The van der Waals surface area contributed by atoms with Gasteiger partial charge in [0.1, 0.15) is 0 Å². The summed E-state index contributed by atoms with van der Waals surface area (Å²) >= 11 is 0. The van der Waals surface area contributed by atoms with Crippen LogP contribution in [0.15, 0.2) is 11.7 Å². The lowest BCUT2D eigenvalue weighted by Crippen LogP contribution is -2.35. The summed E-state index contributed by atoms with van der Waals surface area (Å²) in [5.74, 6) is -1.55. The van der Waals surface area contributed by atoms with Crippen molar-refractivity contribution in [2.45, 2.75) is 44.0 Å². The van der Waals surface area contributed by atoms with Gasteiger partial charge in [-0.05, 0) is 12.8 Å². The zero-order valence-electron chi connectivity index (χ0n) is 8.19. The summed E-state index contributed by atoms with van der Waals surface area (Å²) in [4.78, 5) is 11.3. The molecular formula is C10H12O5. The Balaban J connectivity index is 1.88. The van der Waals surface area contributed by atoms with Crippen molar-refractivity contribution >= 4 is 5.97 Å². The molecule has 15 heavy (non-hydrogen) atoms. The first-order valence-corrected chi connectivity index (χ1v) is 5.22. The molecule has 3 rings (SSSR count). The average Bonchev–Trinajstić information content (AvgIpc) is 2.69. The van der Waals surface area contributed by atoms with Gasteiger partial charge >= 0.3 is 11.9 Å². The van der Waals surface area contributed by atoms with Crippen LogP contribution in [0.4, 0.5) is 0 Å². The first-order valence-electron chi connectivity index (χ1n) is 5.22. The van der Waals surface area contributed by atoms with Crippen LogP contribution in [-0.4, -0.2) is 23.0 Å². The summed E-state index contributed by atoms with van der Waals surface area (Å²) in [7, 11) is 0. The van der Waals surface area contributed by atoms with Gasteiger partial charge in [-0.3, -0.25) is 0 Å². The number of fused-ring (bicyclic) bond motifs is 1. The molecule has 1 atom stereocenters. The summed E-state index contributed by atoms with van der Waals surface area (Å²) < 4.78 is 15.6. The molecule has 1 N–H and O–H groups in total. The van der Waals surface area contributed by atoms with Crippen LogP contribution in [0.1, 0.15) is 32.1 Å². The van der Waals surface area contributed by atoms with Gasteiger partial charge in [-0.1, -0.05) is 6.42 Å². The van der Waals surface area contributed by atoms with E-state index in [4.69, 9.17) is 9.47 Å². The van der Waals surface area contributed by atoms with E-state index in [1.54, 1.807) is 0 Å². The Bertz CT molecular complexity index is 340. The highest BCUT2D eigenvalue weighted by Crippen LogP contribution is 2.45. The van der Waals surface area contributed by atoms with E-state index in [0.717, 1.165) is 32.1 Å². The fraction of sp³-hybridized carbons (Fsp3) is 0.700. The summed E-state index contributed by atoms with van der Waals surface area (Å²) in [5, 5.41) is 9.32. The summed E-state index contributed by atoms with van der Waals surface area (Å²) in [6.45, 7) is 0. The highest BCUT2D eigenvalue weighted by Gasteiger charge is 2.54. The average molecular weight is 212 g/mol. The fourth-order valence-corrected chi connectivity index (χ4v) is 2.37. The monoisotopic (exact) mass is 212 g/mol. The molecule has 0 aromatic heterocycles. The van der Waals surface area contributed by atoms with Crippen LogP contribution in [0.5, 0.6) is 0 Å². The number of hydrogen-bond donors (Lipinski definition) is 1. The number of cyclic esters (lactones) is 1. The molecule has 1 saturated heterocycles. The molecule has 0 radical (unpaired) electrons. The number of carbonyl (C=O) groups is 1. The number of ether oxygens (including phenoxy) is 3. The lowest BCUT2D eigenvalue weighted by atomic mass is 9.94. The molecule has 5 heteroatoms. The van der Waals surface area contributed by atoms with Crippen molar-refractivity contribution in [2.75, 3.05) is 0 Å². The van der Waals surface area contributed by atoms with Crippen LogP contribution in [-0.2, 0) is 19.0 Å². The molecule has 0 aromatic carbocycles. The number of aliphatic hydroxyl groups is 1. The number of esters is 1. The van der Waals surface area contributed by atoms with E-state index in [1.165, 1.54) is 0 Å². The molecule has 0 amide bonds. The second-order valence-corrected chi connectivity index (χ2v) is 4.16. The van der Waals surface area contributed by atoms with Crippen LogP contribution < -0.4 is 0 Å². The first-order chi connectivity index (χ1) is 7.20. The molecule has 1 aliphatic carbocycles. The zero-order chi connectivity index (χ0) is 10.5. The quantitative estimate of drug-likeness (QED) is 0.614. The molecule has 1 saturated carbocycles. The summed E-state index contributed by atoms with van der Waals surface area (Å²) in [5.41, 5.74) is 0. The van der Waals surface area contributed by atoms with Crippen LogP contribution in [0, 0.1) is 0 Å². The zero-order valence-corrected chi connectivity index (χ0v) is 8.19. The van der Waals surface area contributed by atoms with E-state index in [2.05, 4.69) is 4.74 Å². The van der Waals surface area contributed by atoms with Crippen LogP contribution in [0.25, 0.3) is 0 Å². The minimum absolute atomic E-state index is 0.155. The van der Waals surface area contributed by atoms with Gasteiger partial charge in [0.15, 0.2) is 0 Å². The minimum Gasteiger partial charge on any atom is -0.478 e. The molecule has 2 heterocycles. The number of aliphatic hydroxyl groups excluding tert-OH is 1. The van der Waals surface area contributed by atoms with E-state index in [-0.39, 0.29) is 5.76 Å². The van der Waals surface area contributed by atoms with Gasteiger partial charge in [0.2, 0.25) is 17.7 Å². The maximum Gasteiger partial charge on any atom is 0.351 e.